The molecule has 0 aromatic heterocycles. The molecule has 0 unspecified atom stereocenters. The smallest absolute Gasteiger partial charge is 0.269 e. The van der Waals surface area contributed by atoms with Crippen LogP contribution in [-0.2, 0) is 32.2 Å². The van der Waals surface area contributed by atoms with Gasteiger partial charge in [-0.15, -0.1) is 0 Å². The van der Waals surface area contributed by atoms with Gasteiger partial charge in [-0.3, -0.25) is 10.1 Å². The van der Waals surface area contributed by atoms with Crippen molar-refractivity contribution in [3.05, 3.63) is 106 Å². The third kappa shape index (κ3) is 6.66. The minimum Gasteiger partial charge on any atom is -0.491 e. The second kappa shape index (κ2) is 12.6. The fraction of sp³-hybridized carbons (Fsp3) is 0.333. The van der Waals surface area contributed by atoms with Gasteiger partial charge in [0.1, 0.15) is 36.8 Å². The topological polar surface area (TPSA) is 110 Å². The molecule has 1 aliphatic rings. The summed E-state index contributed by atoms with van der Waals surface area (Å²) in [7, 11) is 1.54. The van der Waals surface area contributed by atoms with E-state index in [4.69, 9.17) is 23.7 Å². The van der Waals surface area contributed by atoms with Gasteiger partial charge in [-0.1, -0.05) is 60.7 Å². The van der Waals surface area contributed by atoms with Gasteiger partial charge in [-0.2, -0.15) is 0 Å². The lowest BCUT2D eigenvalue weighted by Crippen LogP contribution is -2.61. The molecule has 5 atom stereocenters. The molecule has 3 aromatic carbocycles. The fourth-order valence-corrected chi connectivity index (χ4v) is 4.05. The van der Waals surface area contributed by atoms with Crippen LogP contribution in [0, 0.1) is 10.1 Å². The third-order valence-electron chi connectivity index (χ3n) is 5.91. The number of nitrogens with zero attached hydrogens (tertiary/aromatic N) is 1. The van der Waals surface area contributed by atoms with E-state index in [-0.39, 0.29) is 18.9 Å². The van der Waals surface area contributed by atoms with E-state index in [0.717, 1.165) is 11.1 Å². The van der Waals surface area contributed by atoms with Crippen LogP contribution in [0.2, 0.25) is 0 Å². The van der Waals surface area contributed by atoms with Crippen LogP contribution < -0.4 is 4.74 Å². The quantitative estimate of drug-likeness (QED) is 0.315. The molecule has 9 nitrogen and oxygen atoms in total. The molecule has 3 aromatic rings. The summed E-state index contributed by atoms with van der Waals surface area (Å²) in [6.45, 7) is 0.588. The van der Waals surface area contributed by atoms with Gasteiger partial charge in [0.05, 0.1) is 18.1 Å². The zero-order valence-electron chi connectivity index (χ0n) is 19.8. The van der Waals surface area contributed by atoms with Crippen LogP contribution in [0.4, 0.5) is 5.69 Å². The number of aliphatic hydroxyl groups excluding tert-OH is 1. The number of methoxy groups -OCH3 is 1. The van der Waals surface area contributed by atoms with E-state index in [0.29, 0.717) is 12.4 Å². The van der Waals surface area contributed by atoms with Crippen LogP contribution in [0.1, 0.15) is 11.1 Å². The van der Waals surface area contributed by atoms with Gasteiger partial charge in [0, 0.05) is 19.2 Å². The van der Waals surface area contributed by atoms with Crippen molar-refractivity contribution in [3.63, 3.8) is 0 Å². The lowest BCUT2D eigenvalue weighted by atomic mass is 9.98. The van der Waals surface area contributed by atoms with Crippen LogP contribution in [0.25, 0.3) is 0 Å². The maximum atomic E-state index is 10.9. The highest BCUT2D eigenvalue weighted by Crippen LogP contribution is 2.29. The second-order valence-corrected chi connectivity index (χ2v) is 8.35. The molecule has 0 saturated carbocycles. The molecule has 1 heterocycles. The van der Waals surface area contributed by atoms with Crippen molar-refractivity contribution in [2.45, 2.75) is 43.9 Å². The zero-order valence-corrected chi connectivity index (χ0v) is 19.8. The average Bonchev–Trinajstić information content (AvgIpc) is 2.91. The first-order valence-corrected chi connectivity index (χ1v) is 11.6. The van der Waals surface area contributed by atoms with Crippen molar-refractivity contribution in [3.8, 4) is 5.75 Å². The van der Waals surface area contributed by atoms with Gasteiger partial charge in [0.2, 0.25) is 0 Å². The first-order valence-electron chi connectivity index (χ1n) is 11.6. The van der Waals surface area contributed by atoms with E-state index in [9.17, 15) is 15.2 Å². The summed E-state index contributed by atoms with van der Waals surface area (Å²) < 4.78 is 29.8. The van der Waals surface area contributed by atoms with Crippen molar-refractivity contribution >= 4 is 5.69 Å². The molecule has 36 heavy (non-hydrogen) atoms. The van der Waals surface area contributed by atoms with Crippen molar-refractivity contribution < 1.29 is 33.7 Å². The summed E-state index contributed by atoms with van der Waals surface area (Å²) in [4.78, 5) is 10.4. The number of rotatable bonds is 11. The molecule has 1 fully saturated rings. The first-order chi connectivity index (χ1) is 17.5. The second-order valence-electron chi connectivity index (χ2n) is 8.35. The minimum absolute atomic E-state index is 0.0274. The maximum absolute atomic E-state index is 10.9. The molecular weight excluding hydrogens is 466 g/mol. The Morgan fingerprint density at radius 1 is 0.833 bits per heavy atom. The highest BCUT2D eigenvalue weighted by Gasteiger charge is 2.47. The summed E-state index contributed by atoms with van der Waals surface area (Å²) in [6.07, 6.45) is -4.04. The predicted octanol–water partition coefficient (Wildman–Crippen LogP) is 3.88. The molecule has 9 heteroatoms. The van der Waals surface area contributed by atoms with Gasteiger partial charge in [-0.25, -0.2) is 0 Å². The highest BCUT2D eigenvalue weighted by molar-refractivity contribution is 5.36. The molecule has 0 bridgehead atoms. The molecule has 0 aliphatic carbocycles. The molecule has 1 aliphatic heterocycles. The summed E-state index contributed by atoms with van der Waals surface area (Å²) in [5.74, 6) is 0.428. The van der Waals surface area contributed by atoms with E-state index in [1.165, 1.54) is 31.4 Å². The number of aliphatic hydroxyl groups is 1. The molecule has 0 radical (unpaired) electrons. The summed E-state index contributed by atoms with van der Waals surface area (Å²) in [5.41, 5.74) is 1.88. The Morgan fingerprint density at radius 2 is 1.39 bits per heavy atom. The Kier molecular flexibility index (Phi) is 8.99. The Hall–Kier alpha value is -3.34. The first kappa shape index (κ1) is 25.7. The predicted molar refractivity (Wildman–Crippen MR) is 130 cm³/mol. The van der Waals surface area contributed by atoms with Crippen molar-refractivity contribution in [1.82, 2.24) is 0 Å². The van der Waals surface area contributed by atoms with Gasteiger partial charge < -0.3 is 28.8 Å². The molecule has 1 saturated heterocycles. The van der Waals surface area contributed by atoms with E-state index in [1.54, 1.807) is 0 Å². The normalized spacial score (nSPS) is 23.8. The standard InChI is InChI=1S/C27H29NO8/c1-32-25-24(34-16-19-8-4-2-5-9-19)23(18-33-22-14-12-21(13-15-22)28(30)31)36-27(29)26(25)35-17-20-10-6-3-7-11-20/h2-15,23-27,29H,16-18H2,1H3/t23-,24+,25+,26-,27+/m1/s1. The summed E-state index contributed by atoms with van der Waals surface area (Å²) in [5, 5.41) is 21.7. The van der Waals surface area contributed by atoms with E-state index < -0.39 is 35.6 Å². The molecule has 190 valence electrons. The number of non-ortho nitro benzene ring substituents is 1. The van der Waals surface area contributed by atoms with Gasteiger partial charge >= 0.3 is 0 Å². The lowest BCUT2D eigenvalue weighted by Gasteiger charge is -2.43. The molecule has 4 rings (SSSR count). The van der Waals surface area contributed by atoms with Gasteiger partial charge in [-0.05, 0) is 23.3 Å². The van der Waals surface area contributed by atoms with E-state index in [2.05, 4.69) is 0 Å². The number of benzene rings is 3. The number of hydrogen-bond acceptors (Lipinski definition) is 8. The van der Waals surface area contributed by atoms with E-state index >= 15 is 0 Å². The summed E-state index contributed by atoms with van der Waals surface area (Å²) in [6, 6.07) is 25.0. The number of nitro groups is 1. The van der Waals surface area contributed by atoms with Crippen molar-refractivity contribution in [2.75, 3.05) is 13.7 Å². The van der Waals surface area contributed by atoms with Gasteiger partial charge in [0.25, 0.3) is 5.69 Å². The zero-order chi connectivity index (χ0) is 25.3. The minimum atomic E-state index is -1.28. The molecular formula is C27H29NO8. The maximum Gasteiger partial charge on any atom is 0.269 e. The third-order valence-corrected chi connectivity index (χ3v) is 5.91. The van der Waals surface area contributed by atoms with Crippen LogP contribution in [0.3, 0.4) is 0 Å². The van der Waals surface area contributed by atoms with Crippen LogP contribution in [0.15, 0.2) is 84.9 Å². The largest absolute Gasteiger partial charge is 0.491 e. The van der Waals surface area contributed by atoms with Crippen molar-refractivity contribution in [1.29, 1.82) is 0 Å². The van der Waals surface area contributed by atoms with Crippen LogP contribution in [-0.4, -0.2) is 54.5 Å². The Bertz CT molecular complexity index is 1080. The monoisotopic (exact) mass is 495 g/mol. The summed E-state index contributed by atoms with van der Waals surface area (Å²) >= 11 is 0. The Balaban J connectivity index is 1.48. The van der Waals surface area contributed by atoms with Crippen LogP contribution in [0.5, 0.6) is 5.75 Å². The molecule has 0 spiro atoms. The van der Waals surface area contributed by atoms with E-state index in [1.807, 2.05) is 60.7 Å². The SMILES string of the molecule is CO[C@@H]1[C@@H](OCc2ccccc2)[C@@H](O)O[C@H](COc2ccc([N+](=O)[O-])cc2)[C@@H]1OCc1ccccc1. The van der Waals surface area contributed by atoms with Crippen LogP contribution >= 0.6 is 0 Å². The fourth-order valence-electron chi connectivity index (χ4n) is 4.05. The Labute approximate surface area is 209 Å². The molecule has 1 N–H and O–H groups in total. The number of hydrogen-bond donors (Lipinski definition) is 1. The Morgan fingerprint density at radius 3 is 1.92 bits per heavy atom. The van der Waals surface area contributed by atoms with Crippen molar-refractivity contribution in [2.24, 2.45) is 0 Å². The van der Waals surface area contributed by atoms with Gasteiger partial charge in [0.15, 0.2) is 6.29 Å². The number of nitro benzene ring substituents is 1. The number of ether oxygens (including phenoxy) is 5. The molecule has 0 amide bonds. The average molecular weight is 496 g/mol. The highest BCUT2D eigenvalue weighted by atomic mass is 16.7. The lowest BCUT2D eigenvalue weighted by molar-refractivity contribution is -0.384.